The van der Waals surface area contributed by atoms with Crippen molar-refractivity contribution in [3.8, 4) is 0 Å². The van der Waals surface area contributed by atoms with Crippen LogP contribution in [-0.2, 0) is 22.2 Å². The first-order valence-electron chi connectivity index (χ1n) is 12.6. The Hall–Kier alpha value is -4.08. The maximum atomic E-state index is 14.0. The van der Waals surface area contributed by atoms with Crippen molar-refractivity contribution in [3.05, 3.63) is 95.2 Å². The van der Waals surface area contributed by atoms with Crippen LogP contribution in [0.15, 0.2) is 78.5 Å². The molecule has 2 atom stereocenters. The number of nitrogens with one attached hydrogen (secondary N) is 2. The number of amides is 4. The second kappa shape index (κ2) is 10.6. The fraction of sp³-hybridized carbons (Fsp3) is 0.345. The van der Waals surface area contributed by atoms with E-state index in [0.717, 1.165) is 11.6 Å². The molecule has 0 bridgehead atoms. The lowest BCUT2D eigenvalue weighted by Crippen LogP contribution is -2.54. The molecule has 0 saturated carbocycles. The van der Waals surface area contributed by atoms with Gasteiger partial charge in [0, 0.05) is 18.5 Å². The van der Waals surface area contributed by atoms with E-state index in [0.29, 0.717) is 0 Å². The normalized spacial score (nSPS) is 18.6. The van der Waals surface area contributed by atoms with Gasteiger partial charge in [-0.15, -0.1) is 6.58 Å². The maximum Gasteiger partial charge on any atom is 0.416 e. The van der Waals surface area contributed by atoms with Gasteiger partial charge in [-0.1, -0.05) is 54.6 Å². The summed E-state index contributed by atoms with van der Waals surface area (Å²) in [6.45, 7) is 9.04. The van der Waals surface area contributed by atoms with E-state index in [4.69, 9.17) is 0 Å². The molecule has 0 aliphatic carbocycles. The van der Waals surface area contributed by atoms with Crippen LogP contribution in [0.3, 0.4) is 0 Å². The summed E-state index contributed by atoms with van der Waals surface area (Å²) in [7, 11) is 0. The molecular formula is C29H31F3N4O3. The lowest BCUT2D eigenvalue weighted by Gasteiger charge is -2.33. The second-order valence-corrected chi connectivity index (χ2v) is 10.6. The van der Waals surface area contributed by atoms with Crippen molar-refractivity contribution in [2.75, 3.05) is 13.1 Å². The van der Waals surface area contributed by atoms with Crippen LogP contribution < -0.4 is 10.6 Å². The Morgan fingerprint density at radius 3 is 2.36 bits per heavy atom. The van der Waals surface area contributed by atoms with Gasteiger partial charge in [0.1, 0.15) is 6.04 Å². The summed E-state index contributed by atoms with van der Waals surface area (Å²) in [5, 5.41) is 5.51. The van der Waals surface area contributed by atoms with Gasteiger partial charge in [-0.05, 0) is 38.0 Å². The van der Waals surface area contributed by atoms with Crippen LogP contribution in [-0.4, -0.2) is 52.3 Å². The number of halogens is 3. The fourth-order valence-electron chi connectivity index (χ4n) is 4.96. The smallest absolute Gasteiger partial charge is 0.350 e. The molecule has 206 valence electrons. The van der Waals surface area contributed by atoms with Gasteiger partial charge >= 0.3 is 12.2 Å². The molecule has 4 amide bonds. The third kappa shape index (κ3) is 5.84. The molecular weight excluding hydrogens is 509 g/mol. The van der Waals surface area contributed by atoms with Gasteiger partial charge < -0.3 is 15.5 Å². The maximum absolute atomic E-state index is 14.0. The Labute approximate surface area is 225 Å². The molecule has 2 aromatic carbocycles. The first kappa shape index (κ1) is 27.9. The standard InChI is InChI=1S/C29H31F3N4O3/c1-5-15-35-22-17-36(21(25(37)34-28(2,3)4)16-18-11-7-6-8-12-18)26(38)23(22)24(33-27(35)39)19-13-9-10-14-20(19)29(30,31)32/h5-14,21,24H,1,15-17H2,2-4H3,(H,33,39)(H,34,37)/t21-,24+/m0/s1. The number of carbonyl (C=O) groups is 3. The number of alkyl halides is 3. The first-order valence-corrected chi connectivity index (χ1v) is 12.6. The number of carbonyl (C=O) groups excluding carboxylic acids is 3. The molecule has 2 aliphatic heterocycles. The molecule has 2 N–H and O–H groups in total. The van der Waals surface area contributed by atoms with Crippen molar-refractivity contribution < 1.29 is 27.6 Å². The molecule has 7 nitrogen and oxygen atoms in total. The zero-order valence-corrected chi connectivity index (χ0v) is 22.0. The number of rotatable bonds is 7. The Bertz CT molecular complexity index is 1320. The molecule has 0 saturated heterocycles. The van der Waals surface area contributed by atoms with Crippen molar-refractivity contribution in [1.82, 2.24) is 20.4 Å². The summed E-state index contributed by atoms with van der Waals surface area (Å²) < 4.78 is 41.8. The summed E-state index contributed by atoms with van der Waals surface area (Å²) in [6.07, 6.45) is -3.05. The minimum absolute atomic E-state index is 0.00905. The van der Waals surface area contributed by atoms with E-state index >= 15 is 0 Å². The zero-order chi connectivity index (χ0) is 28.5. The van der Waals surface area contributed by atoms with E-state index < -0.39 is 47.2 Å². The summed E-state index contributed by atoms with van der Waals surface area (Å²) in [5.41, 5.74) is -0.708. The highest BCUT2D eigenvalue weighted by atomic mass is 19.4. The van der Waals surface area contributed by atoms with Crippen molar-refractivity contribution in [3.63, 3.8) is 0 Å². The van der Waals surface area contributed by atoms with E-state index in [9.17, 15) is 27.6 Å². The highest BCUT2D eigenvalue weighted by Gasteiger charge is 2.49. The number of hydrogen-bond donors (Lipinski definition) is 2. The molecule has 0 fully saturated rings. The Kier molecular flexibility index (Phi) is 7.59. The van der Waals surface area contributed by atoms with Crippen LogP contribution in [0.2, 0.25) is 0 Å². The molecule has 4 rings (SSSR count). The number of benzene rings is 2. The van der Waals surface area contributed by atoms with Gasteiger partial charge in [-0.2, -0.15) is 13.2 Å². The molecule has 10 heteroatoms. The lowest BCUT2D eigenvalue weighted by atomic mass is 9.91. The van der Waals surface area contributed by atoms with Gasteiger partial charge in [-0.25, -0.2) is 4.79 Å². The zero-order valence-electron chi connectivity index (χ0n) is 22.0. The minimum Gasteiger partial charge on any atom is -0.350 e. The van der Waals surface area contributed by atoms with Gasteiger partial charge in [-0.3, -0.25) is 14.5 Å². The number of hydrogen-bond acceptors (Lipinski definition) is 3. The predicted octanol–water partition coefficient (Wildman–Crippen LogP) is 4.58. The highest BCUT2D eigenvalue weighted by molar-refractivity contribution is 6.03. The molecule has 0 unspecified atom stereocenters. The molecule has 2 aliphatic rings. The van der Waals surface area contributed by atoms with Gasteiger partial charge in [0.15, 0.2) is 0 Å². The molecule has 2 heterocycles. The topological polar surface area (TPSA) is 81.8 Å². The number of nitrogens with zero attached hydrogens (tertiary/aromatic N) is 2. The Morgan fingerprint density at radius 2 is 1.74 bits per heavy atom. The van der Waals surface area contributed by atoms with Crippen LogP contribution in [0.4, 0.5) is 18.0 Å². The van der Waals surface area contributed by atoms with Crippen LogP contribution in [0.5, 0.6) is 0 Å². The molecule has 39 heavy (non-hydrogen) atoms. The van der Waals surface area contributed by atoms with E-state index in [1.54, 1.807) is 0 Å². The third-order valence-corrected chi connectivity index (χ3v) is 6.59. The Morgan fingerprint density at radius 1 is 1.10 bits per heavy atom. The third-order valence-electron chi connectivity index (χ3n) is 6.59. The minimum atomic E-state index is -4.70. The van der Waals surface area contributed by atoms with Gasteiger partial charge in [0.05, 0.1) is 29.4 Å². The summed E-state index contributed by atoms with van der Waals surface area (Å²) in [6, 6.07) is 11.1. The monoisotopic (exact) mass is 540 g/mol. The van der Waals surface area contributed by atoms with E-state index in [-0.39, 0.29) is 36.3 Å². The molecule has 0 radical (unpaired) electrons. The van der Waals surface area contributed by atoms with Crippen LogP contribution in [0.25, 0.3) is 0 Å². The van der Waals surface area contributed by atoms with Crippen molar-refractivity contribution >= 4 is 17.8 Å². The second-order valence-electron chi connectivity index (χ2n) is 10.6. The fourth-order valence-corrected chi connectivity index (χ4v) is 4.96. The average Bonchev–Trinajstić information content (AvgIpc) is 3.20. The summed E-state index contributed by atoms with van der Waals surface area (Å²) in [4.78, 5) is 43.3. The molecule has 2 aromatic rings. The predicted molar refractivity (Wildman–Crippen MR) is 140 cm³/mol. The van der Waals surface area contributed by atoms with E-state index in [2.05, 4.69) is 17.2 Å². The lowest BCUT2D eigenvalue weighted by molar-refractivity contribution is -0.139. The van der Waals surface area contributed by atoms with Crippen molar-refractivity contribution in [2.24, 2.45) is 0 Å². The highest BCUT2D eigenvalue weighted by Crippen LogP contribution is 2.42. The van der Waals surface area contributed by atoms with Crippen LogP contribution >= 0.6 is 0 Å². The quantitative estimate of drug-likeness (QED) is 0.505. The average molecular weight is 541 g/mol. The summed E-state index contributed by atoms with van der Waals surface area (Å²) in [5.74, 6) is -1.01. The SMILES string of the molecule is C=CCN1C(=O)N[C@H](c2ccccc2C(F)(F)F)C2=C1CN([C@@H](Cc1ccccc1)C(=O)NC(C)(C)C)C2=O. The van der Waals surface area contributed by atoms with Crippen LogP contribution in [0, 0.1) is 0 Å². The Balaban J connectivity index is 1.80. The molecule has 0 aromatic heterocycles. The van der Waals surface area contributed by atoms with E-state index in [1.807, 2.05) is 51.1 Å². The van der Waals surface area contributed by atoms with Crippen LogP contribution in [0.1, 0.15) is 43.5 Å². The van der Waals surface area contributed by atoms with E-state index in [1.165, 1.54) is 34.1 Å². The molecule has 0 spiro atoms. The summed E-state index contributed by atoms with van der Waals surface area (Å²) >= 11 is 0. The van der Waals surface area contributed by atoms with Crippen molar-refractivity contribution in [1.29, 1.82) is 0 Å². The number of urea groups is 1. The van der Waals surface area contributed by atoms with Gasteiger partial charge in [0.2, 0.25) is 5.91 Å². The largest absolute Gasteiger partial charge is 0.416 e. The van der Waals surface area contributed by atoms with Gasteiger partial charge in [0.25, 0.3) is 5.91 Å². The van der Waals surface area contributed by atoms with Crippen molar-refractivity contribution in [2.45, 2.75) is 51.0 Å². The first-order chi connectivity index (χ1) is 18.3.